The lowest BCUT2D eigenvalue weighted by atomic mass is 9.12. The molecule has 330 valence electrons. The lowest BCUT2D eigenvalue weighted by molar-refractivity contribution is -0.955. The molecule has 0 aromatic heterocycles. The highest BCUT2D eigenvalue weighted by molar-refractivity contribution is 7.20. The highest BCUT2D eigenvalue weighted by Crippen LogP contribution is 2.30. The number of aryl methyl sites for hydroxylation is 1. The minimum atomic E-state index is -7.22. The van der Waals surface area contributed by atoms with Gasteiger partial charge in [0.25, 0.3) is 0 Å². The van der Waals surface area contributed by atoms with E-state index in [4.69, 9.17) is 0 Å². The summed E-state index contributed by atoms with van der Waals surface area (Å²) < 4.78 is 294. The van der Waals surface area contributed by atoms with Gasteiger partial charge in [-0.25, -0.2) is 87.8 Å². The molecule has 0 unspecified atom stereocenters. The summed E-state index contributed by atoms with van der Waals surface area (Å²) in [6.07, 6.45) is -6.08. The van der Waals surface area contributed by atoms with E-state index in [1.807, 2.05) is 0 Å². The lowest BCUT2D eigenvalue weighted by Gasteiger charge is -2.44. The van der Waals surface area contributed by atoms with E-state index < -0.39 is 144 Å². The zero-order chi connectivity index (χ0) is 46.5. The van der Waals surface area contributed by atoms with Gasteiger partial charge in [-0.3, -0.25) is 0 Å². The number of rotatable bonds is 9. The van der Waals surface area contributed by atoms with Crippen LogP contribution in [0.15, 0.2) is 24.3 Å². The standard InChI is InChI=1S/C24BF20.C15H25N/c26-5-1(6(27)14(35)21(42)13(5)34)25(2-7(28)15(36)22(43)16(37)8(2)29,3-9(30)17(38)23(44)18(39)10(3)31)4-11(32)19(40)24(45)20(41)12(4)33;1-6-14-9-7-8-10-15(14)11-16(12(2)3)13(4)5/h;7-10,12-13H,6,11H2,1-5H3/q-1;/p+1. The van der Waals surface area contributed by atoms with Crippen LogP contribution < -0.4 is 26.8 Å². The van der Waals surface area contributed by atoms with Crippen molar-refractivity contribution >= 4 is 28.0 Å². The Bertz CT molecular complexity index is 2130. The molecule has 5 aromatic carbocycles. The maximum absolute atomic E-state index is 15.4. The summed E-state index contributed by atoms with van der Waals surface area (Å²) >= 11 is 0. The van der Waals surface area contributed by atoms with Crippen molar-refractivity contribution in [1.29, 1.82) is 0 Å². The van der Waals surface area contributed by atoms with Crippen LogP contribution in [0.5, 0.6) is 0 Å². The predicted molar refractivity (Wildman–Crippen MR) is 180 cm³/mol. The van der Waals surface area contributed by atoms with Gasteiger partial charge in [0.1, 0.15) is 59.2 Å². The quantitative estimate of drug-likeness (QED) is 0.0658. The van der Waals surface area contributed by atoms with Crippen molar-refractivity contribution in [2.24, 2.45) is 0 Å². The number of hydrogen-bond acceptors (Lipinski definition) is 0. The topological polar surface area (TPSA) is 4.44 Å². The first kappa shape index (κ1) is 48.4. The summed E-state index contributed by atoms with van der Waals surface area (Å²) in [5.74, 6) is -71.4. The fourth-order valence-electron chi connectivity index (χ4n) is 7.24. The van der Waals surface area contributed by atoms with Crippen molar-refractivity contribution in [3.63, 3.8) is 0 Å². The molecule has 0 aliphatic heterocycles. The van der Waals surface area contributed by atoms with Crippen LogP contribution in [0.2, 0.25) is 0 Å². The summed E-state index contributed by atoms with van der Waals surface area (Å²) in [4.78, 5) is 1.67. The summed E-state index contributed by atoms with van der Waals surface area (Å²) in [6.45, 7) is 12.6. The molecule has 0 spiro atoms. The molecule has 0 radical (unpaired) electrons. The molecule has 0 fully saturated rings. The van der Waals surface area contributed by atoms with Crippen LogP contribution in [-0.4, -0.2) is 18.2 Å². The second-order valence-electron chi connectivity index (χ2n) is 14.0. The van der Waals surface area contributed by atoms with E-state index in [2.05, 4.69) is 58.9 Å². The molecular weight excluding hydrogens is 873 g/mol. The van der Waals surface area contributed by atoms with E-state index in [-0.39, 0.29) is 0 Å². The summed E-state index contributed by atoms with van der Waals surface area (Å²) in [6, 6.07) is 10.2. The average Bonchev–Trinajstić information content (AvgIpc) is 3.22. The lowest BCUT2D eigenvalue weighted by Crippen LogP contribution is -3.16. The molecule has 0 aliphatic rings. The molecule has 5 aromatic rings. The first-order valence-electron chi connectivity index (χ1n) is 17.4. The van der Waals surface area contributed by atoms with Crippen LogP contribution in [-0.2, 0) is 13.0 Å². The summed E-state index contributed by atoms with van der Waals surface area (Å²) in [5, 5.41) is 0. The van der Waals surface area contributed by atoms with Crippen molar-refractivity contribution in [2.75, 3.05) is 0 Å². The Morgan fingerprint density at radius 2 is 0.541 bits per heavy atom. The maximum atomic E-state index is 15.4. The van der Waals surface area contributed by atoms with E-state index in [0.29, 0.717) is 12.1 Å². The van der Waals surface area contributed by atoms with Gasteiger partial charge in [-0.15, -0.1) is 21.9 Å². The smallest absolute Gasteiger partial charge is 0.200 e. The van der Waals surface area contributed by atoms with Crippen LogP contribution in [0, 0.1) is 116 Å². The van der Waals surface area contributed by atoms with Crippen molar-refractivity contribution in [2.45, 2.75) is 59.7 Å². The molecular formula is C39H26BF20N. The highest BCUT2D eigenvalue weighted by atomic mass is 19.2. The van der Waals surface area contributed by atoms with Gasteiger partial charge in [-0.05, 0) is 39.7 Å². The molecule has 22 heteroatoms. The van der Waals surface area contributed by atoms with Crippen LogP contribution in [0.25, 0.3) is 0 Å². The fourth-order valence-corrected chi connectivity index (χ4v) is 7.24. The zero-order valence-corrected chi connectivity index (χ0v) is 31.5. The van der Waals surface area contributed by atoms with E-state index >= 15 is 35.1 Å². The minimum absolute atomic E-state index is 0.685. The molecule has 0 saturated heterocycles. The van der Waals surface area contributed by atoms with Gasteiger partial charge in [-0.2, -0.15) is 0 Å². The predicted octanol–water partition coefficient (Wildman–Crippen LogP) is 8.30. The van der Waals surface area contributed by atoms with Crippen LogP contribution in [0.3, 0.4) is 0 Å². The Kier molecular flexibility index (Phi) is 14.3. The molecule has 1 N–H and O–H groups in total. The summed E-state index contributed by atoms with van der Waals surface area (Å²) in [7, 11) is 0. The van der Waals surface area contributed by atoms with Crippen molar-refractivity contribution < 1.29 is 92.7 Å². The van der Waals surface area contributed by atoms with Gasteiger partial charge in [0.2, 0.25) is 0 Å². The van der Waals surface area contributed by atoms with E-state index in [1.54, 1.807) is 4.90 Å². The molecule has 0 bridgehead atoms. The van der Waals surface area contributed by atoms with Crippen LogP contribution >= 0.6 is 0 Å². The van der Waals surface area contributed by atoms with Gasteiger partial charge < -0.3 is 4.90 Å². The van der Waals surface area contributed by atoms with E-state index in [1.165, 1.54) is 11.1 Å². The van der Waals surface area contributed by atoms with Crippen molar-refractivity contribution in [3.8, 4) is 0 Å². The molecule has 0 aliphatic carbocycles. The van der Waals surface area contributed by atoms with Gasteiger partial charge in [-0.1, -0.05) is 31.2 Å². The van der Waals surface area contributed by atoms with Gasteiger partial charge in [0.05, 0.1) is 12.1 Å². The average molecular weight is 899 g/mol. The largest absolute Gasteiger partial charge is 0.327 e. The maximum Gasteiger partial charge on any atom is 0.200 e. The molecule has 0 atom stereocenters. The first-order valence-corrected chi connectivity index (χ1v) is 17.4. The molecule has 0 saturated carbocycles. The summed E-state index contributed by atoms with van der Waals surface area (Å²) in [5.41, 5.74) is -11.3. The van der Waals surface area contributed by atoms with E-state index in [9.17, 15) is 52.7 Å². The normalized spacial score (nSPS) is 11.9. The van der Waals surface area contributed by atoms with Gasteiger partial charge in [0.15, 0.2) is 69.8 Å². The highest BCUT2D eigenvalue weighted by Gasteiger charge is 2.52. The minimum Gasteiger partial charge on any atom is -0.327 e. The Hall–Kier alpha value is -5.28. The van der Waals surface area contributed by atoms with Crippen molar-refractivity contribution in [3.05, 3.63) is 152 Å². The number of benzene rings is 5. The third-order valence-corrected chi connectivity index (χ3v) is 10.1. The SMILES string of the molecule is CCc1ccccc1C[NH+](C(C)C)C(C)C.Fc1c(F)c(F)c([B-](c2c(F)c(F)c(F)c(F)c2F)(c2c(F)c(F)c(F)c(F)c2F)c2c(F)c(F)c(F)c(F)c2F)c(F)c1F. The number of hydrogen-bond donors (Lipinski definition) is 1. The molecule has 5 rings (SSSR count). The zero-order valence-electron chi connectivity index (χ0n) is 31.5. The van der Waals surface area contributed by atoms with Crippen LogP contribution in [0.4, 0.5) is 87.8 Å². The third kappa shape index (κ3) is 7.79. The fraction of sp³-hybridized carbons (Fsp3) is 0.231. The Labute approximate surface area is 332 Å². The van der Waals surface area contributed by atoms with E-state index in [0.717, 1.165) is 13.0 Å². The Morgan fingerprint density at radius 3 is 0.738 bits per heavy atom. The molecule has 61 heavy (non-hydrogen) atoms. The Morgan fingerprint density at radius 1 is 0.344 bits per heavy atom. The van der Waals surface area contributed by atoms with Crippen LogP contribution in [0.1, 0.15) is 45.7 Å². The molecule has 0 amide bonds. The first-order chi connectivity index (χ1) is 28.3. The van der Waals surface area contributed by atoms with Gasteiger partial charge in [0, 0.05) is 5.56 Å². The number of quaternary nitrogens is 1. The van der Waals surface area contributed by atoms with Crippen molar-refractivity contribution in [1.82, 2.24) is 0 Å². The second kappa shape index (κ2) is 18.0. The number of halogens is 20. The number of nitrogens with one attached hydrogen (secondary N) is 1. The third-order valence-electron chi connectivity index (χ3n) is 10.1. The van der Waals surface area contributed by atoms with Gasteiger partial charge >= 0.3 is 0 Å². The Balaban J connectivity index is 0.000000430. The second-order valence-corrected chi connectivity index (χ2v) is 14.0. The monoisotopic (exact) mass is 899 g/mol. The molecule has 0 heterocycles. The molecule has 1 nitrogen and oxygen atoms in total.